The van der Waals surface area contributed by atoms with Gasteiger partial charge in [-0.2, -0.15) is 4.91 Å². The Morgan fingerprint density at radius 2 is 2.13 bits per heavy atom. The van der Waals surface area contributed by atoms with E-state index in [1.807, 2.05) is 13.8 Å². The van der Waals surface area contributed by atoms with Gasteiger partial charge in [0.15, 0.2) is 12.1 Å². The number of ether oxygens (including phenoxy) is 1. The molecule has 0 aromatic carbocycles. The fourth-order valence-corrected chi connectivity index (χ4v) is 2.46. The first-order valence-electron chi connectivity index (χ1n) is 7.56. The molecule has 0 aliphatic carbocycles. The highest BCUT2D eigenvalue weighted by atomic mass is 19.1. The van der Waals surface area contributed by atoms with Gasteiger partial charge in [0.25, 0.3) is 0 Å². The molecule has 0 aromatic heterocycles. The third-order valence-electron chi connectivity index (χ3n) is 3.79. The second-order valence-electron chi connectivity index (χ2n) is 5.31. The zero-order valence-corrected chi connectivity index (χ0v) is 14.3. The molecule has 0 aromatic rings. The zero-order valence-electron chi connectivity index (χ0n) is 14.3. The number of carbonyl (C=O) groups is 1. The molecule has 128 valence electrons. The van der Waals surface area contributed by atoms with E-state index >= 15 is 0 Å². The normalized spacial score (nSPS) is 19.2. The van der Waals surface area contributed by atoms with E-state index in [9.17, 15) is 14.1 Å². The van der Waals surface area contributed by atoms with Crippen LogP contribution in [0.25, 0.3) is 0 Å². The van der Waals surface area contributed by atoms with E-state index in [1.54, 1.807) is 13.1 Å². The second kappa shape index (κ2) is 8.45. The van der Waals surface area contributed by atoms with Crippen LogP contribution in [-0.2, 0) is 9.53 Å². The van der Waals surface area contributed by atoms with E-state index in [1.165, 1.54) is 18.7 Å². The molecule has 7 heteroatoms. The summed E-state index contributed by atoms with van der Waals surface area (Å²) in [5, 5.41) is 5.61. The molecule has 1 aliphatic rings. The molecule has 1 rings (SSSR count). The van der Waals surface area contributed by atoms with Crippen molar-refractivity contribution in [3.05, 3.63) is 39.5 Å². The molecule has 1 heterocycles. The predicted octanol–water partition coefficient (Wildman–Crippen LogP) is 3.34. The van der Waals surface area contributed by atoms with Gasteiger partial charge in [-0.1, -0.05) is 12.1 Å². The Hall–Kier alpha value is -2.18. The van der Waals surface area contributed by atoms with E-state index < -0.39 is 12.1 Å². The maximum atomic E-state index is 14.8. The molecule has 1 amide bonds. The number of hydrogen-bond donors (Lipinski definition) is 1. The summed E-state index contributed by atoms with van der Waals surface area (Å²) in [7, 11) is 1.64. The van der Waals surface area contributed by atoms with Crippen LogP contribution < -0.4 is 5.32 Å². The first-order valence-corrected chi connectivity index (χ1v) is 7.56. The third-order valence-corrected chi connectivity index (χ3v) is 3.79. The first kappa shape index (κ1) is 18.9. The minimum Gasteiger partial charge on any atom is -0.472 e. The van der Waals surface area contributed by atoms with Gasteiger partial charge < -0.3 is 10.1 Å². The Balaban J connectivity index is 3.13. The lowest BCUT2D eigenvalue weighted by Crippen LogP contribution is -2.38. The van der Waals surface area contributed by atoms with Crippen LogP contribution >= 0.6 is 0 Å². The number of hydrogen-bond acceptors (Lipinski definition) is 5. The van der Waals surface area contributed by atoms with Crippen molar-refractivity contribution in [2.24, 2.45) is 5.18 Å². The summed E-state index contributed by atoms with van der Waals surface area (Å²) in [5.41, 5.74) is 1.40. The Morgan fingerprint density at radius 1 is 1.48 bits per heavy atom. The number of carbonyl (C=O) groups excluding carboxylic acids is 1. The number of amides is 1. The Morgan fingerprint density at radius 3 is 2.61 bits per heavy atom. The maximum Gasteiger partial charge on any atom is 0.226 e. The van der Waals surface area contributed by atoms with Gasteiger partial charge in [-0.15, -0.1) is 0 Å². The molecule has 0 spiro atoms. The maximum absolute atomic E-state index is 14.8. The smallest absolute Gasteiger partial charge is 0.226 e. The molecule has 1 unspecified atom stereocenters. The van der Waals surface area contributed by atoms with Gasteiger partial charge in [0, 0.05) is 20.4 Å². The number of rotatable bonds is 7. The van der Waals surface area contributed by atoms with Gasteiger partial charge in [-0.3, -0.25) is 9.69 Å². The van der Waals surface area contributed by atoms with Crippen LogP contribution in [0.15, 0.2) is 39.8 Å². The lowest BCUT2D eigenvalue weighted by molar-refractivity contribution is -0.135. The van der Waals surface area contributed by atoms with E-state index in [2.05, 4.69) is 10.5 Å². The first-order chi connectivity index (χ1) is 10.9. The molecule has 1 N–H and O–H groups in total. The Bertz CT molecular complexity index is 567. The molecule has 23 heavy (non-hydrogen) atoms. The number of likely N-dealkylation sites (N-methyl/N-ethyl adjacent to an activating group) is 1. The highest BCUT2D eigenvalue weighted by Crippen LogP contribution is 2.28. The van der Waals surface area contributed by atoms with Crippen LogP contribution in [0, 0.1) is 4.91 Å². The summed E-state index contributed by atoms with van der Waals surface area (Å²) in [6.45, 7) is 6.56. The van der Waals surface area contributed by atoms with Crippen LogP contribution in [0.1, 0.15) is 40.5 Å². The summed E-state index contributed by atoms with van der Waals surface area (Å²) in [5.74, 6) is -0.424. The van der Waals surface area contributed by atoms with E-state index in [0.717, 1.165) is 5.57 Å². The molecule has 0 saturated carbocycles. The molecule has 6 nitrogen and oxygen atoms in total. The van der Waals surface area contributed by atoms with Crippen LogP contribution in [0.3, 0.4) is 0 Å². The molecule has 0 fully saturated rings. The van der Waals surface area contributed by atoms with Crippen LogP contribution in [0.2, 0.25) is 0 Å². The highest BCUT2D eigenvalue weighted by molar-refractivity contribution is 5.75. The van der Waals surface area contributed by atoms with E-state index in [0.29, 0.717) is 24.3 Å². The molecule has 1 atom stereocenters. The number of nitrogens with zero attached hydrogens (tertiary/aromatic N) is 2. The Labute approximate surface area is 136 Å². The van der Waals surface area contributed by atoms with Crippen molar-refractivity contribution in [1.82, 2.24) is 10.2 Å². The van der Waals surface area contributed by atoms with Gasteiger partial charge in [-0.05, 0) is 31.9 Å². The van der Waals surface area contributed by atoms with Crippen molar-refractivity contribution >= 4 is 5.91 Å². The monoisotopic (exact) mass is 325 g/mol. The molecule has 0 saturated heterocycles. The van der Waals surface area contributed by atoms with Crippen molar-refractivity contribution in [3.8, 4) is 0 Å². The lowest BCUT2D eigenvalue weighted by Gasteiger charge is -2.29. The molecular weight excluding hydrogens is 301 g/mol. The van der Waals surface area contributed by atoms with Crippen molar-refractivity contribution in [2.75, 3.05) is 13.6 Å². The van der Waals surface area contributed by atoms with Crippen molar-refractivity contribution in [3.63, 3.8) is 0 Å². The topological polar surface area (TPSA) is 71.0 Å². The zero-order chi connectivity index (χ0) is 17.6. The van der Waals surface area contributed by atoms with Gasteiger partial charge in [-0.25, -0.2) is 4.39 Å². The molecule has 1 aliphatic heterocycles. The van der Waals surface area contributed by atoms with Crippen molar-refractivity contribution < 1.29 is 13.9 Å². The van der Waals surface area contributed by atoms with Crippen molar-refractivity contribution in [2.45, 2.75) is 46.8 Å². The summed E-state index contributed by atoms with van der Waals surface area (Å²) in [4.78, 5) is 23.6. The van der Waals surface area contributed by atoms with Crippen LogP contribution in [0.5, 0.6) is 0 Å². The van der Waals surface area contributed by atoms with Gasteiger partial charge in [0.05, 0.1) is 11.4 Å². The Kier molecular flexibility index (Phi) is 6.93. The second-order valence-corrected chi connectivity index (χ2v) is 5.31. The lowest BCUT2D eigenvalue weighted by atomic mass is 10.1. The van der Waals surface area contributed by atoms with Crippen molar-refractivity contribution in [1.29, 1.82) is 0 Å². The third kappa shape index (κ3) is 4.40. The van der Waals surface area contributed by atoms with Crippen LogP contribution in [-0.4, -0.2) is 30.6 Å². The average Bonchev–Trinajstić information content (AvgIpc) is 2.95. The fourth-order valence-electron chi connectivity index (χ4n) is 2.46. The molecular formula is C16H24FN3O3. The number of allylic oxidation sites excluding steroid dienone is 3. The summed E-state index contributed by atoms with van der Waals surface area (Å²) in [6, 6.07) is 0. The highest BCUT2D eigenvalue weighted by Gasteiger charge is 2.30. The standard InChI is InChI=1S/C16H24FN3O3/c1-6-10(2)16(18-5)15(17)11(3)20(12(4)21)14-8-7-13(23-14)9-19-22/h7,14,18H,6,8-9H2,1-5H3/b15-11+,16-10?. The number of nitrogens with one attached hydrogen (secondary N) is 1. The quantitative estimate of drug-likeness (QED) is 0.576. The minimum absolute atomic E-state index is 0.0932. The SMILES string of the molecule is CCC(C)=C(NC)/C(F)=C(/C)N(C(C)=O)C1CC=C(CN=O)O1. The van der Waals surface area contributed by atoms with E-state index in [4.69, 9.17) is 4.74 Å². The number of nitroso groups, excluding NO2 is 1. The van der Waals surface area contributed by atoms with Gasteiger partial charge >= 0.3 is 0 Å². The minimum atomic E-state index is -0.657. The summed E-state index contributed by atoms with van der Waals surface area (Å²) >= 11 is 0. The summed E-state index contributed by atoms with van der Waals surface area (Å²) < 4.78 is 20.4. The van der Waals surface area contributed by atoms with Crippen LogP contribution in [0.4, 0.5) is 4.39 Å². The molecule has 0 radical (unpaired) electrons. The predicted molar refractivity (Wildman–Crippen MR) is 86.6 cm³/mol. The van der Waals surface area contributed by atoms with Gasteiger partial charge in [0.1, 0.15) is 12.3 Å². The fraction of sp³-hybridized carbons (Fsp3) is 0.562. The number of halogens is 1. The largest absolute Gasteiger partial charge is 0.472 e. The average molecular weight is 325 g/mol. The summed E-state index contributed by atoms with van der Waals surface area (Å²) in [6.07, 6.45) is 2.11. The molecule has 0 bridgehead atoms. The van der Waals surface area contributed by atoms with E-state index in [-0.39, 0.29) is 18.1 Å². The van der Waals surface area contributed by atoms with Gasteiger partial charge in [0.2, 0.25) is 5.91 Å².